The Morgan fingerprint density at radius 2 is 1.83 bits per heavy atom. The number of nitrogens with one attached hydrogen (secondary N) is 2. The quantitative estimate of drug-likeness (QED) is 0.726. The highest BCUT2D eigenvalue weighted by Gasteiger charge is 2.24. The number of aryl methyl sites for hydroxylation is 1. The Hall–Kier alpha value is -2.87. The Kier molecular flexibility index (Phi) is 6.53. The van der Waals surface area contributed by atoms with Gasteiger partial charge in [-0.1, -0.05) is 24.3 Å². The summed E-state index contributed by atoms with van der Waals surface area (Å²) in [4.78, 5) is 26.0. The zero-order valence-corrected chi connectivity index (χ0v) is 16.0. The summed E-state index contributed by atoms with van der Waals surface area (Å²) < 4.78 is 39.7. The molecule has 1 aliphatic rings. The van der Waals surface area contributed by atoms with Gasteiger partial charge >= 0.3 is 0 Å². The first-order chi connectivity index (χ1) is 13.9. The lowest BCUT2D eigenvalue weighted by Crippen LogP contribution is -2.41. The molecule has 0 spiro atoms. The number of halogens is 3. The largest absolute Gasteiger partial charge is 0.346 e. The van der Waals surface area contributed by atoms with E-state index in [0.717, 1.165) is 25.3 Å². The topological polar surface area (TPSA) is 61.4 Å². The van der Waals surface area contributed by atoms with Crippen molar-refractivity contribution in [2.24, 2.45) is 0 Å². The Morgan fingerprint density at radius 3 is 2.62 bits per heavy atom. The number of fused-ring (bicyclic) bond motifs is 1. The fourth-order valence-corrected chi connectivity index (χ4v) is 3.57. The number of nitrogens with zero attached hydrogens (tertiary/aromatic N) is 1. The van der Waals surface area contributed by atoms with E-state index in [9.17, 15) is 22.8 Å². The van der Waals surface area contributed by atoms with E-state index in [4.69, 9.17) is 0 Å². The molecule has 154 valence electrons. The van der Waals surface area contributed by atoms with Gasteiger partial charge in [-0.05, 0) is 49.6 Å². The average Bonchev–Trinajstić information content (AvgIpc) is 2.72. The van der Waals surface area contributed by atoms with Crippen LogP contribution in [0.3, 0.4) is 0 Å². The van der Waals surface area contributed by atoms with E-state index < -0.39 is 35.6 Å². The maximum absolute atomic E-state index is 13.6. The van der Waals surface area contributed by atoms with Crippen LogP contribution in [0.15, 0.2) is 36.4 Å². The van der Waals surface area contributed by atoms with Gasteiger partial charge in [-0.15, -0.1) is 0 Å². The number of hydrogen-bond donors (Lipinski definition) is 2. The molecule has 0 radical (unpaired) electrons. The molecule has 1 aliphatic carbocycles. The first kappa shape index (κ1) is 20.9. The highest BCUT2D eigenvalue weighted by Crippen LogP contribution is 2.33. The molecule has 0 bridgehead atoms. The molecule has 0 aromatic heterocycles. The van der Waals surface area contributed by atoms with Gasteiger partial charge in [0.05, 0.1) is 18.8 Å². The van der Waals surface area contributed by atoms with Gasteiger partial charge in [0.2, 0.25) is 11.8 Å². The summed E-state index contributed by atoms with van der Waals surface area (Å²) >= 11 is 0. The van der Waals surface area contributed by atoms with Crippen molar-refractivity contribution < 1.29 is 22.8 Å². The van der Waals surface area contributed by atoms with Crippen LogP contribution in [0.4, 0.5) is 18.9 Å². The number of carbonyl (C=O) groups excluding carboxylic acids is 2. The zero-order chi connectivity index (χ0) is 21.0. The number of carbonyl (C=O) groups is 2. The first-order valence-electron chi connectivity index (χ1n) is 9.35. The Morgan fingerprint density at radius 1 is 1.07 bits per heavy atom. The average molecular weight is 405 g/mol. The van der Waals surface area contributed by atoms with Crippen LogP contribution in [0.2, 0.25) is 0 Å². The van der Waals surface area contributed by atoms with Crippen LogP contribution in [0.1, 0.15) is 30.0 Å². The van der Waals surface area contributed by atoms with E-state index in [1.807, 2.05) is 24.1 Å². The van der Waals surface area contributed by atoms with Gasteiger partial charge in [0, 0.05) is 6.04 Å². The van der Waals surface area contributed by atoms with Crippen molar-refractivity contribution >= 4 is 17.5 Å². The van der Waals surface area contributed by atoms with Crippen LogP contribution in [0, 0.1) is 17.5 Å². The number of hydrogen-bond acceptors (Lipinski definition) is 3. The fraction of sp³-hybridized carbons (Fsp3) is 0.333. The van der Waals surface area contributed by atoms with Gasteiger partial charge in [0.25, 0.3) is 0 Å². The summed E-state index contributed by atoms with van der Waals surface area (Å²) in [5, 5.41) is 4.57. The van der Waals surface area contributed by atoms with E-state index in [-0.39, 0.29) is 18.5 Å². The molecule has 8 heteroatoms. The molecule has 2 amide bonds. The van der Waals surface area contributed by atoms with E-state index >= 15 is 0 Å². The standard InChI is InChI=1S/C21H22F3N3O2/c1-27(17-8-4-6-13-5-2-3-7-14(13)17)12-19(29)25-11-18(28)26-16-10-9-15(22)20(23)21(16)24/h2-3,5,7,9-10,17H,4,6,8,11-12H2,1H3,(H,25,29)(H,26,28)/t17-/m0/s1. The molecule has 0 saturated carbocycles. The minimum Gasteiger partial charge on any atom is -0.346 e. The first-order valence-corrected chi connectivity index (χ1v) is 9.35. The Balaban J connectivity index is 1.51. The molecule has 0 aliphatic heterocycles. The maximum atomic E-state index is 13.6. The third-order valence-corrected chi connectivity index (χ3v) is 5.02. The van der Waals surface area contributed by atoms with E-state index in [0.29, 0.717) is 6.07 Å². The van der Waals surface area contributed by atoms with Crippen molar-refractivity contribution in [3.63, 3.8) is 0 Å². The molecular weight excluding hydrogens is 383 g/mol. The molecule has 3 rings (SSSR count). The summed E-state index contributed by atoms with van der Waals surface area (Å²) in [6, 6.07) is 9.89. The van der Waals surface area contributed by atoms with Crippen LogP contribution < -0.4 is 10.6 Å². The lowest BCUT2D eigenvalue weighted by molar-refractivity contribution is -0.125. The third-order valence-electron chi connectivity index (χ3n) is 5.02. The molecule has 5 nitrogen and oxygen atoms in total. The fourth-order valence-electron chi connectivity index (χ4n) is 3.57. The lowest BCUT2D eigenvalue weighted by atomic mass is 9.87. The Bertz CT molecular complexity index is 920. The molecule has 29 heavy (non-hydrogen) atoms. The van der Waals surface area contributed by atoms with Gasteiger partial charge in [0.15, 0.2) is 17.5 Å². The van der Waals surface area contributed by atoms with Crippen LogP contribution in [0.5, 0.6) is 0 Å². The van der Waals surface area contributed by atoms with Crippen LogP contribution >= 0.6 is 0 Å². The highest BCUT2D eigenvalue weighted by molar-refractivity contribution is 5.94. The van der Waals surface area contributed by atoms with E-state index in [1.165, 1.54) is 11.1 Å². The van der Waals surface area contributed by atoms with Crippen LogP contribution in [0.25, 0.3) is 0 Å². The summed E-state index contributed by atoms with van der Waals surface area (Å²) in [6.07, 6.45) is 3.00. The SMILES string of the molecule is CN(CC(=O)NCC(=O)Nc1ccc(F)c(F)c1F)[C@H]1CCCc2ccccc21. The van der Waals surface area contributed by atoms with Crippen LogP contribution in [-0.2, 0) is 16.0 Å². The number of benzene rings is 2. The van der Waals surface area contributed by atoms with Gasteiger partial charge in [-0.2, -0.15) is 0 Å². The third kappa shape index (κ3) is 4.95. The molecule has 2 aromatic rings. The van der Waals surface area contributed by atoms with Crippen molar-refractivity contribution in [2.75, 3.05) is 25.5 Å². The summed E-state index contributed by atoms with van der Waals surface area (Å²) in [7, 11) is 1.85. The molecular formula is C21H22F3N3O2. The second-order valence-corrected chi connectivity index (χ2v) is 7.07. The monoisotopic (exact) mass is 405 g/mol. The van der Waals surface area contributed by atoms with Gasteiger partial charge in [-0.25, -0.2) is 13.2 Å². The number of amides is 2. The number of rotatable bonds is 6. The molecule has 0 unspecified atom stereocenters. The van der Waals surface area contributed by atoms with Crippen molar-refractivity contribution in [1.82, 2.24) is 10.2 Å². The smallest absolute Gasteiger partial charge is 0.243 e. The normalized spacial score (nSPS) is 15.7. The van der Waals surface area contributed by atoms with Gasteiger partial charge in [0.1, 0.15) is 0 Å². The molecule has 2 aromatic carbocycles. The highest BCUT2D eigenvalue weighted by atomic mass is 19.2. The zero-order valence-electron chi connectivity index (χ0n) is 16.0. The van der Waals surface area contributed by atoms with Gasteiger partial charge < -0.3 is 10.6 Å². The van der Waals surface area contributed by atoms with Crippen molar-refractivity contribution in [3.05, 3.63) is 65.0 Å². The summed E-state index contributed by atoms with van der Waals surface area (Å²) in [5.41, 5.74) is 2.00. The van der Waals surface area contributed by atoms with E-state index in [2.05, 4.69) is 22.8 Å². The minimum absolute atomic E-state index is 0.0891. The molecule has 0 fully saturated rings. The maximum Gasteiger partial charge on any atom is 0.243 e. The summed E-state index contributed by atoms with van der Waals surface area (Å²) in [6.45, 7) is -0.321. The molecule has 0 heterocycles. The number of anilines is 1. The molecule has 2 N–H and O–H groups in total. The summed E-state index contributed by atoms with van der Waals surface area (Å²) in [5.74, 6) is -5.60. The van der Waals surface area contributed by atoms with Gasteiger partial charge in [-0.3, -0.25) is 14.5 Å². The second kappa shape index (κ2) is 9.09. The molecule has 0 saturated heterocycles. The Labute approximate surface area is 166 Å². The van der Waals surface area contributed by atoms with Crippen LogP contribution in [-0.4, -0.2) is 36.9 Å². The van der Waals surface area contributed by atoms with Crippen molar-refractivity contribution in [2.45, 2.75) is 25.3 Å². The predicted octanol–water partition coefficient (Wildman–Crippen LogP) is 3.17. The van der Waals surface area contributed by atoms with Crippen molar-refractivity contribution in [3.8, 4) is 0 Å². The molecule has 1 atom stereocenters. The number of likely N-dealkylation sites (N-methyl/N-ethyl adjacent to an activating group) is 1. The lowest BCUT2D eigenvalue weighted by Gasteiger charge is -2.32. The van der Waals surface area contributed by atoms with Crippen molar-refractivity contribution in [1.29, 1.82) is 0 Å². The van der Waals surface area contributed by atoms with E-state index in [1.54, 1.807) is 0 Å². The minimum atomic E-state index is -1.67. The predicted molar refractivity (Wildman–Crippen MR) is 103 cm³/mol. The second-order valence-electron chi connectivity index (χ2n) is 7.07.